The van der Waals surface area contributed by atoms with E-state index in [0.717, 1.165) is 30.4 Å². The van der Waals surface area contributed by atoms with Crippen LogP contribution in [0.1, 0.15) is 38.5 Å². The van der Waals surface area contributed by atoms with Crippen molar-refractivity contribution in [1.29, 1.82) is 0 Å². The Morgan fingerprint density at radius 2 is 1.88 bits per heavy atom. The van der Waals surface area contributed by atoms with Crippen molar-refractivity contribution in [2.24, 2.45) is 20.0 Å². The summed E-state index contributed by atoms with van der Waals surface area (Å²) in [6, 6.07) is 0.269. The van der Waals surface area contributed by atoms with Crippen LogP contribution in [0, 0.1) is 5.92 Å². The van der Waals surface area contributed by atoms with Crippen molar-refractivity contribution in [3.05, 3.63) is 27.2 Å². The molecular formula is C18H25N5O3. The highest BCUT2D eigenvalue weighted by Crippen LogP contribution is 2.35. The number of hydrogen-bond donors (Lipinski definition) is 0. The SMILES string of the molecule is Cn1cnc2c1c(=O)n(CC(=O)N1CCC[C@@H]3CCCC[C@H]31)c(=O)n2C. The quantitative estimate of drug-likeness (QED) is 0.787. The fraction of sp³-hybridized carbons (Fsp3) is 0.667. The maximum absolute atomic E-state index is 13.0. The lowest BCUT2D eigenvalue weighted by Crippen LogP contribution is -2.52. The molecule has 3 heterocycles. The van der Waals surface area contributed by atoms with Crippen LogP contribution in [-0.2, 0) is 25.4 Å². The van der Waals surface area contributed by atoms with Gasteiger partial charge in [0.25, 0.3) is 5.56 Å². The molecule has 2 aromatic rings. The molecule has 1 saturated heterocycles. The number of aryl methyl sites for hydroxylation is 2. The van der Waals surface area contributed by atoms with Gasteiger partial charge in [-0.15, -0.1) is 0 Å². The second-order valence-corrected chi connectivity index (χ2v) is 7.60. The van der Waals surface area contributed by atoms with Crippen LogP contribution in [0.15, 0.2) is 15.9 Å². The number of aromatic nitrogens is 4. The molecular weight excluding hydrogens is 334 g/mol. The molecule has 0 bridgehead atoms. The number of amides is 1. The maximum atomic E-state index is 13.0. The average molecular weight is 359 g/mol. The van der Waals surface area contributed by atoms with Crippen molar-refractivity contribution >= 4 is 17.1 Å². The first-order valence-corrected chi connectivity index (χ1v) is 9.39. The minimum absolute atomic E-state index is 0.123. The lowest BCUT2D eigenvalue weighted by molar-refractivity contribution is -0.138. The van der Waals surface area contributed by atoms with Crippen molar-refractivity contribution < 1.29 is 4.79 Å². The van der Waals surface area contributed by atoms with Crippen molar-refractivity contribution in [2.45, 2.75) is 51.1 Å². The molecule has 1 saturated carbocycles. The van der Waals surface area contributed by atoms with Crippen LogP contribution >= 0.6 is 0 Å². The molecule has 140 valence electrons. The summed E-state index contributed by atoms with van der Waals surface area (Å²) in [5, 5.41) is 0. The summed E-state index contributed by atoms with van der Waals surface area (Å²) in [4.78, 5) is 44.5. The standard InChI is InChI=1S/C18H25N5O3/c1-20-11-19-16-15(20)17(25)23(18(26)21(16)2)10-14(24)22-9-5-7-12-6-3-4-8-13(12)22/h11-13H,3-10H2,1-2H3/t12-,13+/m0/s1. The van der Waals surface area contributed by atoms with E-state index >= 15 is 0 Å². The van der Waals surface area contributed by atoms with Crippen LogP contribution in [-0.4, -0.2) is 42.1 Å². The zero-order chi connectivity index (χ0) is 18.4. The van der Waals surface area contributed by atoms with E-state index < -0.39 is 11.2 Å². The lowest BCUT2D eigenvalue weighted by Gasteiger charge is -2.44. The molecule has 0 aromatic carbocycles. The summed E-state index contributed by atoms with van der Waals surface area (Å²) >= 11 is 0. The van der Waals surface area contributed by atoms with Gasteiger partial charge in [0, 0.05) is 26.7 Å². The third-order valence-electron chi connectivity index (χ3n) is 6.06. The van der Waals surface area contributed by atoms with Gasteiger partial charge in [0.05, 0.1) is 6.33 Å². The van der Waals surface area contributed by atoms with Crippen LogP contribution in [0.5, 0.6) is 0 Å². The Morgan fingerprint density at radius 3 is 2.69 bits per heavy atom. The summed E-state index contributed by atoms with van der Waals surface area (Å²) in [6.45, 7) is 0.527. The highest BCUT2D eigenvalue weighted by molar-refractivity contribution is 5.77. The number of hydrogen-bond acceptors (Lipinski definition) is 4. The van der Waals surface area contributed by atoms with Gasteiger partial charge >= 0.3 is 5.69 Å². The first-order chi connectivity index (χ1) is 12.5. The van der Waals surface area contributed by atoms with Crippen LogP contribution in [0.2, 0.25) is 0 Å². The van der Waals surface area contributed by atoms with Gasteiger partial charge < -0.3 is 9.47 Å². The molecule has 2 fully saturated rings. The summed E-state index contributed by atoms with van der Waals surface area (Å²) in [6.07, 6.45) is 8.28. The first-order valence-electron chi connectivity index (χ1n) is 9.39. The lowest BCUT2D eigenvalue weighted by atomic mass is 9.78. The smallest absolute Gasteiger partial charge is 0.332 e. The zero-order valence-corrected chi connectivity index (χ0v) is 15.3. The van der Waals surface area contributed by atoms with Gasteiger partial charge in [-0.05, 0) is 31.6 Å². The largest absolute Gasteiger partial charge is 0.338 e. The Labute approximate surface area is 151 Å². The number of likely N-dealkylation sites (tertiary alicyclic amines) is 1. The minimum Gasteiger partial charge on any atom is -0.338 e. The van der Waals surface area contributed by atoms with Crippen LogP contribution < -0.4 is 11.2 Å². The van der Waals surface area contributed by atoms with Crippen molar-refractivity contribution in [2.75, 3.05) is 6.54 Å². The molecule has 1 amide bonds. The third-order valence-corrected chi connectivity index (χ3v) is 6.06. The molecule has 8 nitrogen and oxygen atoms in total. The number of carbonyl (C=O) groups is 1. The molecule has 1 aliphatic heterocycles. The molecule has 0 N–H and O–H groups in total. The number of imidazole rings is 1. The third kappa shape index (κ3) is 2.59. The monoisotopic (exact) mass is 359 g/mol. The van der Waals surface area contributed by atoms with E-state index in [-0.39, 0.29) is 18.5 Å². The molecule has 4 rings (SSSR count). The molecule has 0 unspecified atom stereocenters. The zero-order valence-electron chi connectivity index (χ0n) is 15.3. The molecule has 8 heteroatoms. The van der Waals surface area contributed by atoms with Crippen LogP contribution in [0.3, 0.4) is 0 Å². The highest BCUT2D eigenvalue weighted by Gasteiger charge is 2.36. The number of nitrogens with zero attached hydrogens (tertiary/aromatic N) is 5. The summed E-state index contributed by atoms with van der Waals surface area (Å²) in [5.41, 5.74) is -0.258. The van der Waals surface area contributed by atoms with E-state index in [2.05, 4.69) is 4.98 Å². The number of fused-ring (bicyclic) bond motifs is 2. The fourth-order valence-electron chi connectivity index (χ4n) is 4.70. The summed E-state index contributed by atoms with van der Waals surface area (Å²) in [7, 11) is 3.29. The average Bonchev–Trinajstić information content (AvgIpc) is 3.04. The van der Waals surface area contributed by atoms with E-state index in [0.29, 0.717) is 17.1 Å². The number of carbonyl (C=O) groups excluding carboxylic acids is 1. The van der Waals surface area contributed by atoms with Gasteiger partial charge in [-0.2, -0.15) is 0 Å². The van der Waals surface area contributed by atoms with Gasteiger partial charge in [0.2, 0.25) is 5.91 Å². The molecule has 1 aliphatic carbocycles. The summed E-state index contributed by atoms with van der Waals surface area (Å²) < 4.78 is 3.98. The molecule has 26 heavy (non-hydrogen) atoms. The Bertz CT molecular complexity index is 968. The summed E-state index contributed by atoms with van der Waals surface area (Å²) in [5.74, 6) is 0.447. The van der Waals surface area contributed by atoms with Crippen molar-refractivity contribution in [3.8, 4) is 0 Å². The first kappa shape index (κ1) is 17.1. The van der Waals surface area contributed by atoms with E-state index in [1.54, 1.807) is 18.7 Å². The maximum Gasteiger partial charge on any atom is 0.332 e. The minimum atomic E-state index is -0.494. The predicted molar refractivity (Wildman–Crippen MR) is 96.9 cm³/mol. The Hall–Kier alpha value is -2.38. The highest BCUT2D eigenvalue weighted by atomic mass is 16.2. The Balaban J connectivity index is 1.69. The predicted octanol–water partition coefficient (Wildman–Crippen LogP) is 0.615. The van der Waals surface area contributed by atoms with E-state index in [9.17, 15) is 14.4 Å². The van der Waals surface area contributed by atoms with E-state index in [1.807, 2.05) is 4.90 Å². The molecule has 0 spiro atoms. The molecule has 2 aliphatic rings. The van der Waals surface area contributed by atoms with Gasteiger partial charge in [0.1, 0.15) is 6.54 Å². The number of rotatable bonds is 2. The fourth-order valence-corrected chi connectivity index (χ4v) is 4.70. The topological polar surface area (TPSA) is 82.1 Å². The Kier molecular flexibility index (Phi) is 4.20. The van der Waals surface area contributed by atoms with Crippen molar-refractivity contribution in [3.63, 3.8) is 0 Å². The van der Waals surface area contributed by atoms with Crippen LogP contribution in [0.25, 0.3) is 11.2 Å². The van der Waals surface area contributed by atoms with Gasteiger partial charge in [-0.1, -0.05) is 12.8 Å². The second kappa shape index (κ2) is 6.41. The van der Waals surface area contributed by atoms with Gasteiger partial charge in [0.15, 0.2) is 11.2 Å². The van der Waals surface area contributed by atoms with E-state index in [4.69, 9.17) is 0 Å². The van der Waals surface area contributed by atoms with Gasteiger partial charge in [-0.25, -0.2) is 14.3 Å². The van der Waals surface area contributed by atoms with Gasteiger partial charge in [-0.3, -0.25) is 14.2 Å². The number of piperidine rings is 1. The molecule has 2 aromatic heterocycles. The van der Waals surface area contributed by atoms with Crippen LogP contribution in [0.4, 0.5) is 0 Å². The molecule has 2 atom stereocenters. The normalized spacial score (nSPS) is 23.2. The van der Waals surface area contributed by atoms with Crippen molar-refractivity contribution in [1.82, 2.24) is 23.6 Å². The second-order valence-electron chi connectivity index (χ2n) is 7.60. The Morgan fingerprint density at radius 1 is 1.15 bits per heavy atom. The molecule has 0 radical (unpaired) electrons. The van der Waals surface area contributed by atoms with E-state index in [1.165, 1.54) is 30.2 Å².